The summed E-state index contributed by atoms with van der Waals surface area (Å²) in [7, 11) is 0. The summed E-state index contributed by atoms with van der Waals surface area (Å²) in [5.74, 6) is -0.731. The van der Waals surface area contributed by atoms with Crippen LogP contribution in [0.15, 0.2) is 30.3 Å². The first-order valence-corrected chi connectivity index (χ1v) is 5.00. The third kappa shape index (κ3) is 2.67. The summed E-state index contributed by atoms with van der Waals surface area (Å²) >= 11 is 5.76. The van der Waals surface area contributed by atoms with Crippen molar-refractivity contribution in [3.63, 3.8) is 0 Å². The van der Waals surface area contributed by atoms with E-state index in [4.69, 9.17) is 16.7 Å². The van der Waals surface area contributed by atoms with Crippen LogP contribution in [-0.4, -0.2) is 31.3 Å². The van der Waals surface area contributed by atoms with Crippen LogP contribution >= 0.6 is 11.6 Å². The zero-order valence-electron chi connectivity index (χ0n) is 8.49. The number of benzene rings is 1. The first-order chi connectivity index (χ1) is 8.16. The second-order valence-corrected chi connectivity index (χ2v) is 3.53. The van der Waals surface area contributed by atoms with Crippen molar-refractivity contribution in [2.45, 2.75) is 0 Å². The molecule has 0 unspecified atom stereocenters. The maximum absolute atomic E-state index is 10.4. The van der Waals surface area contributed by atoms with Gasteiger partial charge in [0.25, 0.3) is 0 Å². The quantitative estimate of drug-likeness (QED) is 0.833. The van der Waals surface area contributed by atoms with E-state index in [1.54, 1.807) is 24.3 Å². The van der Waals surface area contributed by atoms with Gasteiger partial charge in [0.05, 0.1) is 5.69 Å². The number of aliphatic carboxylic acids is 1. The first-order valence-electron chi connectivity index (χ1n) is 4.62. The van der Waals surface area contributed by atoms with Gasteiger partial charge in [-0.3, -0.25) is 0 Å². The molecule has 1 aromatic carbocycles. The molecular formula is C10H7ClN4O2. The van der Waals surface area contributed by atoms with Crippen LogP contribution in [0.1, 0.15) is 5.82 Å². The average molecular weight is 251 g/mol. The van der Waals surface area contributed by atoms with Gasteiger partial charge >= 0.3 is 5.97 Å². The van der Waals surface area contributed by atoms with Crippen molar-refractivity contribution in [2.75, 3.05) is 0 Å². The van der Waals surface area contributed by atoms with E-state index in [1.807, 2.05) is 0 Å². The SMILES string of the molecule is O=C(O)/C=C/c1nnnn1-c1ccc(Cl)cc1. The molecule has 1 heterocycles. The molecule has 2 aromatic rings. The molecule has 0 aliphatic rings. The molecule has 0 saturated carbocycles. The van der Waals surface area contributed by atoms with Crippen molar-refractivity contribution in [1.82, 2.24) is 20.2 Å². The van der Waals surface area contributed by atoms with E-state index in [0.717, 1.165) is 6.08 Å². The van der Waals surface area contributed by atoms with Crippen LogP contribution in [0.4, 0.5) is 0 Å². The average Bonchev–Trinajstić information content (AvgIpc) is 2.75. The highest BCUT2D eigenvalue weighted by atomic mass is 35.5. The fraction of sp³-hybridized carbons (Fsp3) is 0. The minimum absolute atomic E-state index is 0.328. The molecule has 0 saturated heterocycles. The number of carbonyl (C=O) groups is 1. The molecule has 0 radical (unpaired) electrons. The minimum atomic E-state index is -1.06. The Kier molecular flexibility index (Phi) is 3.15. The fourth-order valence-electron chi connectivity index (χ4n) is 1.21. The predicted molar refractivity (Wildman–Crippen MR) is 60.8 cm³/mol. The summed E-state index contributed by atoms with van der Waals surface area (Å²) < 4.78 is 1.41. The topological polar surface area (TPSA) is 80.9 Å². The van der Waals surface area contributed by atoms with Crippen molar-refractivity contribution in [2.24, 2.45) is 0 Å². The molecule has 6 nitrogen and oxygen atoms in total. The molecule has 0 bridgehead atoms. The van der Waals surface area contributed by atoms with Crippen LogP contribution < -0.4 is 0 Å². The third-order valence-corrected chi connectivity index (χ3v) is 2.19. The molecule has 1 N–H and O–H groups in total. The van der Waals surface area contributed by atoms with Gasteiger partial charge in [0.2, 0.25) is 0 Å². The van der Waals surface area contributed by atoms with Crippen molar-refractivity contribution in [3.8, 4) is 5.69 Å². The molecular weight excluding hydrogens is 244 g/mol. The van der Waals surface area contributed by atoms with E-state index in [9.17, 15) is 4.79 Å². The second kappa shape index (κ2) is 4.75. The summed E-state index contributed by atoms with van der Waals surface area (Å²) in [4.78, 5) is 10.4. The van der Waals surface area contributed by atoms with E-state index < -0.39 is 5.97 Å². The van der Waals surface area contributed by atoms with Gasteiger partial charge in [-0.25, -0.2) is 4.79 Å². The lowest BCUT2D eigenvalue weighted by molar-refractivity contribution is -0.131. The summed E-state index contributed by atoms with van der Waals surface area (Å²) in [5, 5.41) is 20.1. The van der Waals surface area contributed by atoms with E-state index in [-0.39, 0.29) is 0 Å². The number of halogens is 1. The molecule has 0 atom stereocenters. The first kappa shape index (κ1) is 11.3. The predicted octanol–water partition coefficient (Wildman–Crippen LogP) is 1.41. The molecule has 1 aromatic heterocycles. The fourth-order valence-corrected chi connectivity index (χ4v) is 1.34. The second-order valence-electron chi connectivity index (χ2n) is 3.10. The lowest BCUT2D eigenvalue weighted by Gasteiger charge is -2.00. The molecule has 0 amide bonds. The van der Waals surface area contributed by atoms with Gasteiger partial charge in [0, 0.05) is 11.1 Å². The van der Waals surface area contributed by atoms with Gasteiger partial charge in [-0.05, 0) is 40.8 Å². The highest BCUT2D eigenvalue weighted by Crippen LogP contribution is 2.13. The Hall–Kier alpha value is -2.21. The largest absolute Gasteiger partial charge is 0.478 e. The molecule has 0 fully saturated rings. The van der Waals surface area contributed by atoms with Crippen LogP contribution in [0, 0.1) is 0 Å². The number of carboxylic acids is 1. The molecule has 7 heteroatoms. The van der Waals surface area contributed by atoms with E-state index >= 15 is 0 Å². The monoisotopic (exact) mass is 250 g/mol. The lowest BCUT2D eigenvalue weighted by Crippen LogP contribution is -1.99. The van der Waals surface area contributed by atoms with Gasteiger partial charge in [0.15, 0.2) is 5.82 Å². The van der Waals surface area contributed by atoms with Crippen LogP contribution in [0.25, 0.3) is 11.8 Å². The zero-order chi connectivity index (χ0) is 12.3. The lowest BCUT2D eigenvalue weighted by atomic mass is 10.3. The highest BCUT2D eigenvalue weighted by molar-refractivity contribution is 6.30. The number of carboxylic acid groups (broad SMARTS) is 1. The van der Waals surface area contributed by atoms with Crippen molar-refractivity contribution >= 4 is 23.6 Å². The Balaban J connectivity index is 2.36. The Morgan fingerprint density at radius 2 is 2.06 bits per heavy atom. The Labute approximate surface area is 101 Å². The number of aromatic nitrogens is 4. The number of rotatable bonds is 3. The van der Waals surface area contributed by atoms with Crippen molar-refractivity contribution < 1.29 is 9.90 Å². The van der Waals surface area contributed by atoms with Crippen LogP contribution in [0.5, 0.6) is 0 Å². The maximum Gasteiger partial charge on any atom is 0.328 e. The molecule has 2 rings (SSSR count). The number of hydrogen-bond donors (Lipinski definition) is 1. The summed E-state index contributed by atoms with van der Waals surface area (Å²) in [6.45, 7) is 0. The smallest absolute Gasteiger partial charge is 0.328 e. The molecule has 0 aliphatic carbocycles. The normalized spacial score (nSPS) is 10.9. The van der Waals surface area contributed by atoms with Gasteiger partial charge < -0.3 is 5.11 Å². The molecule has 86 valence electrons. The van der Waals surface area contributed by atoms with Crippen molar-refractivity contribution in [1.29, 1.82) is 0 Å². The standard InChI is InChI=1S/C10H7ClN4O2/c11-7-1-3-8(4-2-7)15-9(12-13-14-15)5-6-10(16)17/h1-6H,(H,16,17)/b6-5+. The van der Waals surface area contributed by atoms with Gasteiger partial charge in [-0.2, -0.15) is 4.68 Å². The van der Waals surface area contributed by atoms with Crippen molar-refractivity contribution in [3.05, 3.63) is 41.2 Å². The summed E-state index contributed by atoms with van der Waals surface area (Å²) in [6, 6.07) is 6.86. The minimum Gasteiger partial charge on any atom is -0.478 e. The summed E-state index contributed by atoms with van der Waals surface area (Å²) in [5.41, 5.74) is 0.699. The Morgan fingerprint density at radius 1 is 1.35 bits per heavy atom. The van der Waals surface area contributed by atoms with Gasteiger partial charge in [-0.15, -0.1) is 5.10 Å². The van der Waals surface area contributed by atoms with Crippen LogP contribution in [0.2, 0.25) is 5.02 Å². The highest BCUT2D eigenvalue weighted by Gasteiger charge is 2.05. The number of hydrogen-bond acceptors (Lipinski definition) is 4. The van der Waals surface area contributed by atoms with E-state index in [0.29, 0.717) is 16.5 Å². The van der Waals surface area contributed by atoms with Crippen LogP contribution in [-0.2, 0) is 4.79 Å². The van der Waals surface area contributed by atoms with Gasteiger partial charge in [-0.1, -0.05) is 11.6 Å². The maximum atomic E-state index is 10.4. The van der Waals surface area contributed by atoms with E-state index in [1.165, 1.54) is 10.8 Å². The Bertz CT molecular complexity index is 562. The molecule has 0 spiro atoms. The molecule has 0 aliphatic heterocycles. The summed E-state index contributed by atoms with van der Waals surface area (Å²) in [6.07, 6.45) is 2.29. The Morgan fingerprint density at radius 3 is 2.71 bits per heavy atom. The third-order valence-electron chi connectivity index (χ3n) is 1.94. The van der Waals surface area contributed by atoms with Crippen LogP contribution in [0.3, 0.4) is 0 Å². The molecule has 17 heavy (non-hydrogen) atoms. The van der Waals surface area contributed by atoms with E-state index in [2.05, 4.69) is 15.5 Å². The number of tetrazole rings is 1. The number of nitrogens with zero attached hydrogens (tertiary/aromatic N) is 4. The zero-order valence-corrected chi connectivity index (χ0v) is 9.24. The van der Waals surface area contributed by atoms with Gasteiger partial charge in [0.1, 0.15) is 0 Å².